The van der Waals surface area contributed by atoms with Gasteiger partial charge in [-0.15, -0.1) is 0 Å². The minimum atomic E-state index is -4.19. The number of rotatable bonds is 7. The number of aromatic nitrogens is 1. The van der Waals surface area contributed by atoms with E-state index in [-0.39, 0.29) is 16.0 Å². The lowest BCUT2D eigenvalue weighted by Gasteiger charge is -2.15. The molecule has 0 radical (unpaired) electrons. The zero-order valence-corrected chi connectivity index (χ0v) is 23.8. The third-order valence-electron chi connectivity index (χ3n) is 6.38. The third-order valence-corrected chi connectivity index (χ3v) is 7.98. The summed E-state index contributed by atoms with van der Waals surface area (Å²) in [6.45, 7) is 5.23. The summed E-state index contributed by atoms with van der Waals surface area (Å²) >= 11 is 5.97. The standard InChI is InChI=1S/C29H29ClN4O4S/c1-18-6-16-25(17-7-18)39(37,38)32-29(36)27-20(3)34(24-14-12-23(13-15-24)33(4)5)19(2)26(27)28(35)31-22-10-8-21(30)9-11-22/h6-17H,1-5H3,(H,31,35)(H,32,36). The van der Waals surface area contributed by atoms with Crippen LogP contribution in [0, 0.1) is 20.8 Å². The number of sulfonamides is 1. The molecule has 3 aromatic carbocycles. The topological polar surface area (TPSA) is 101 Å². The fourth-order valence-corrected chi connectivity index (χ4v) is 5.44. The smallest absolute Gasteiger partial charge is 0.267 e. The highest BCUT2D eigenvalue weighted by Crippen LogP contribution is 2.29. The number of hydrogen-bond acceptors (Lipinski definition) is 5. The summed E-state index contributed by atoms with van der Waals surface area (Å²) in [6.07, 6.45) is 0. The van der Waals surface area contributed by atoms with Gasteiger partial charge in [-0.3, -0.25) is 9.59 Å². The minimum absolute atomic E-state index is 0.0358. The molecule has 0 spiro atoms. The Morgan fingerprint density at radius 1 is 0.769 bits per heavy atom. The Hall–Kier alpha value is -4.08. The molecule has 4 aromatic rings. The summed E-state index contributed by atoms with van der Waals surface area (Å²) in [5, 5.41) is 3.30. The summed E-state index contributed by atoms with van der Waals surface area (Å²) in [4.78, 5) is 29.0. The molecule has 4 rings (SSSR count). The van der Waals surface area contributed by atoms with Crippen LogP contribution < -0.4 is 14.9 Å². The molecule has 39 heavy (non-hydrogen) atoms. The van der Waals surface area contributed by atoms with Crippen LogP contribution in [0.1, 0.15) is 37.7 Å². The van der Waals surface area contributed by atoms with Crippen molar-refractivity contribution in [1.82, 2.24) is 9.29 Å². The fourth-order valence-electron chi connectivity index (χ4n) is 4.36. The zero-order valence-electron chi connectivity index (χ0n) is 22.2. The normalized spacial score (nSPS) is 11.2. The van der Waals surface area contributed by atoms with Gasteiger partial charge in [0.05, 0.1) is 16.0 Å². The lowest BCUT2D eigenvalue weighted by molar-refractivity contribution is 0.0963. The monoisotopic (exact) mass is 564 g/mol. The van der Waals surface area contributed by atoms with Crippen LogP contribution >= 0.6 is 11.6 Å². The van der Waals surface area contributed by atoms with Crippen molar-refractivity contribution >= 4 is 44.8 Å². The van der Waals surface area contributed by atoms with E-state index in [0.717, 1.165) is 16.9 Å². The molecule has 2 N–H and O–H groups in total. The molecule has 1 heterocycles. The first-order valence-corrected chi connectivity index (χ1v) is 14.0. The van der Waals surface area contributed by atoms with Crippen LogP contribution in [0.5, 0.6) is 0 Å². The van der Waals surface area contributed by atoms with Crippen molar-refractivity contribution < 1.29 is 18.0 Å². The highest BCUT2D eigenvalue weighted by molar-refractivity contribution is 7.90. The summed E-state index contributed by atoms with van der Waals surface area (Å²) in [5.41, 5.74) is 3.98. The Labute approximate surface area is 233 Å². The molecule has 10 heteroatoms. The largest absolute Gasteiger partial charge is 0.378 e. The molecule has 0 atom stereocenters. The molecule has 0 aliphatic heterocycles. The number of anilines is 2. The Morgan fingerprint density at radius 3 is 1.85 bits per heavy atom. The molecule has 0 unspecified atom stereocenters. The number of carbonyl (C=O) groups is 2. The van der Waals surface area contributed by atoms with E-state index in [2.05, 4.69) is 10.0 Å². The van der Waals surface area contributed by atoms with E-state index < -0.39 is 21.8 Å². The second kappa shape index (κ2) is 11.0. The van der Waals surface area contributed by atoms with Gasteiger partial charge in [-0.05, 0) is 81.4 Å². The van der Waals surface area contributed by atoms with Crippen LogP contribution in [0.3, 0.4) is 0 Å². The Balaban J connectivity index is 1.81. The van der Waals surface area contributed by atoms with E-state index in [1.165, 1.54) is 12.1 Å². The molecule has 0 bridgehead atoms. The van der Waals surface area contributed by atoms with E-state index in [1.807, 2.05) is 50.2 Å². The van der Waals surface area contributed by atoms with E-state index in [1.54, 1.807) is 54.8 Å². The van der Waals surface area contributed by atoms with Crippen molar-refractivity contribution in [2.75, 3.05) is 24.3 Å². The highest BCUT2D eigenvalue weighted by Gasteiger charge is 2.31. The quantitative estimate of drug-likeness (QED) is 0.309. The van der Waals surface area contributed by atoms with Crippen LogP contribution in [-0.2, 0) is 10.0 Å². The van der Waals surface area contributed by atoms with Crippen LogP contribution in [0.25, 0.3) is 5.69 Å². The summed E-state index contributed by atoms with van der Waals surface area (Å²) in [6, 6.07) is 20.3. The maximum atomic E-state index is 13.6. The molecule has 0 aliphatic rings. The van der Waals surface area contributed by atoms with Crippen molar-refractivity contribution in [1.29, 1.82) is 0 Å². The molecule has 0 fully saturated rings. The molecule has 2 amide bonds. The van der Waals surface area contributed by atoms with E-state index >= 15 is 0 Å². The van der Waals surface area contributed by atoms with Gasteiger partial charge in [0, 0.05) is 47.6 Å². The van der Waals surface area contributed by atoms with Gasteiger partial charge in [-0.25, -0.2) is 13.1 Å². The summed E-state index contributed by atoms with van der Waals surface area (Å²) in [7, 11) is -0.336. The van der Waals surface area contributed by atoms with Gasteiger partial charge in [0.15, 0.2) is 0 Å². The van der Waals surface area contributed by atoms with Crippen LogP contribution in [-0.4, -0.2) is 38.9 Å². The predicted molar refractivity (Wildman–Crippen MR) is 155 cm³/mol. The van der Waals surface area contributed by atoms with Crippen LogP contribution in [0.2, 0.25) is 5.02 Å². The van der Waals surface area contributed by atoms with Crippen LogP contribution in [0.15, 0.2) is 77.7 Å². The third kappa shape index (κ3) is 5.84. The average Bonchev–Trinajstić information content (AvgIpc) is 3.15. The van der Waals surface area contributed by atoms with E-state index in [4.69, 9.17) is 11.6 Å². The number of hydrogen-bond donors (Lipinski definition) is 2. The first kappa shape index (κ1) is 27.9. The van der Waals surface area contributed by atoms with Gasteiger partial charge < -0.3 is 14.8 Å². The molecule has 0 aliphatic carbocycles. The second-order valence-electron chi connectivity index (χ2n) is 9.38. The Bertz CT molecular complexity index is 1640. The summed E-state index contributed by atoms with van der Waals surface area (Å²) < 4.78 is 30.0. The number of benzene rings is 3. The maximum Gasteiger partial charge on any atom is 0.267 e. The van der Waals surface area contributed by atoms with E-state index in [9.17, 15) is 18.0 Å². The first-order valence-electron chi connectivity index (χ1n) is 12.1. The first-order chi connectivity index (χ1) is 18.4. The number of halogens is 1. The number of nitrogens with zero attached hydrogens (tertiary/aromatic N) is 2. The summed E-state index contributed by atoms with van der Waals surface area (Å²) in [5.74, 6) is -1.46. The number of carbonyl (C=O) groups excluding carboxylic acids is 2. The van der Waals surface area contributed by atoms with E-state index in [0.29, 0.717) is 22.1 Å². The average molecular weight is 565 g/mol. The fraction of sp³-hybridized carbons (Fsp3) is 0.172. The molecular weight excluding hydrogens is 536 g/mol. The van der Waals surface area contributed by atoms with Crippen molar-refractivity contribution in [3.05, 3.63) is 106 Å². The second-order valence-corrected chi connectivity index (χ2v) is 11.5. The molecule has 1 aromatic heterocycles. The SMILES string of the molecule is Cc1ccc(S(=O)(=O)NC(=O)c2c(C(=O)Nc3ccc(Cl)cc3)c(C)n(-c3ccc(N(C)C)cc3)c2C)cc1. The lowest BCUT2D eigenvalue weighted by atomic mass is 10.1. The molecule has 0 saturated carbocycles. The maximum absolute atomic E-state index is 13.6. The number of amides is 2. The predicted octanol–water partition coefficient (Wildman–Crippen LogP) is 5.49. The lowest BCUT2D eigenvalue weighted by Crippen LogP contribution is -2.32. The van der Waals surface area contributed by atoms with Crippen molar-refractivity contribution in [3.8, 4) is 5.69 Å². The number of nitrogens with one attached hydrogen (secondary N) is 2. The Kier molecular flexibility index (Phi) is 7.85. The van der Waals surface area contributed by atoms with Gasteiger partial charge in [-0.2, -0.15) is 0 Å². The van der Waals surface area contributed by atoms with Gasteiger partial charge in [-0.1, -0.05) is 29.3 Å². The van der Waals surface area contributed by atoms with Crippen molar-refractivity contribution in [2.45, 2.75) is 25.7 Å². The zero-order chi connectivity index (χ0) is 28.5. The van der Waals surface area contributed by atoms with Gasteiger partial charge in [0.2, 0.25) is 0 Å². The molecule has 202 valence electrons. The minimum Gasteiger partial charge on any atom is -0.378 e. The van der Waals surface area contributed by atoms with Crippen molar-refractivity contribution in [3.63, 3.8) is 0 Å². The van der Waals surface area contributed by atoms with Gasteiger partial charge in [0.25, 0.3) is 21.8 Å². The van der Waals surface area contributed by atoms with Gasteiger partial charge in [0.1, 0.15) is 0 Å². The molecular formula is C29H29ClN4O4S. The molecule has 0 saturated heterocycles. The van der Waals surface area contributed by atoms with Crippen LogP contribution in [0.4, 0.5) is 11.4 Å². The van der Waals surface area contributed by atoms with Crippen molar-refractivity contribution in [2.24, 2.45) is 0 Å². The highest BCUT2D eigenvalue weighted by atomic mass is 35.5. The Morgan fingerprint density at radius 2 is 1.31 bits per heavy atom. The van der Waals surface area contributed by atoms with Gasteiger partial charge >= 0.3 is 0 Å². The number of aryl methyl sites for hydroxylation is 1. The molecule has 8 nitrogen and oxygen atoms in total.